The lowest BCUT2D eigenvalue weighted by Crippen LogP contribution is -1.96. The lowest BCUT2D eigenvalue weighted by molar-refractivity contribution is 0.612. The van der Waals surface area contributed by atoms with Crippen LogP contribution in [-0.4, -0.2) is 9.97 Å². The number of aromatic nitrogens is 2. The SMILES string of the molecule is N#Cc1ncnc(-c2ccc(F)cc2)c1F. The van der Waals surface area contributed by atoms with Crippen LogP contribution in [0.25, 0.3) is 11.3 Å². The van der Waals surface area contributed by atoms with Gasteiger partial charge in [0.2, 0.25) is 0 Å². The smallest absolute Gasteiger partial charge is 0.185 e. The van der Waals surface area contributed by atoms with Crippen molar-refractivity contribution in [1.82, 2.24) is 9.97 Å². The average Bonchev–Trinajstić information content (AvgIpc) is 2.31. The summed E-state index contributed by atoms with van der Waals surface area (Å²) in [5.41, 5.74) is 0.0682. The van der Waals surface area contributed by atoms with Crippen LogP contribution in [0.1, 0.15) is 5.69 Å². The second kappa shape index (κ2) is 4.03. The molecule has 1 heterocycles. The van der Waals surface area contributed by atoms with E-state index in [4.69, 9.17) is 5.26 Å². The van der Waals surface area contributed by atoms with E-state index in [0.29, 0.717) is 5.56 Å². The molecule has 16 heavy (non-hydrogen) atoms. The Morgan fingerprint density at radius 2 is 1.75 bits per heavy atom. The Balaban J connectivity index is 2.57. The highest BCUT2D eigenvalue weighted by Crippen LogP contribution is 2.21. The first kappa shape index (κ1) is 10.2. The summed E-state index contributed by atoms with van der Waals surface area (Å²) in [7, 11) is 0. The summed E-state index contributed by atoms with van der Waals surface area (Å²) >= 11 is 0. The van der Waals surface area contributed by atoms with Crippen molar-refractivity contribution < 1.29 is 8.78 Å². The summed E-state index contributed by atoms with van der Waals surface area (Å²) in [5, 5.41) is 8.59. The summed E-state index contributed by atoms with van der Waals surface area (Å²) in [6.45, 7) is 0. The van der Waals surface area contributed by atoms with Gasteiger partial charge in [0.1, 0.15) is 23.9 Å². The predicted molar refractivity (Wildman–Crippen MR) is 52.1 cm³/mol. The number of halogens is 2. The lowest BCUT2D eigenvalue weighted by atomic mass is 10.1. The molecule has 0 spiro atoms. The van der Waals surface area contributed by atoms with Crippen molar-refractivity contribution in [3.05, 3.63) is 47.9 Å². The number of hydrogen-bond acceptors (Lipinski definition) is 3. The Hall–Kier alpha value is -2.35. The fraction of sp³-hybridized carbons (Fsp3) is 0. The molecule has 0 amide bonds. The van der Waals surface area contributed by atoms with Gasteiger partial charge in [0.15, 0.2) is 11.5 Å². The van der Waals surface area contributed by atoms with Gasteiger partial charge in [-0.15, -0.1) is 0 Å². The molecule has 0 radical (unpaired) electrons. The van der Waals surface area contributed by atoms with Gasteiger partial charge in [0, 0.05) is 5.56 Å². The van der Waals surface area contributed by atoms with Crippen molar-refractivity contribution in [3.8, 4) is 17.3 Å². The van der Waals surface area contributed by atoms with E-state index in [1.165, 1.54) is 24.3 Å². The molecule has 0 aliphatic rings. The first-order valence-corrected chi connectivity index (χ1v) is 4.39. The van der Waals surface area contributed by atoms with Crippen LogP contribution >= 0.6 is 0 Å². The average molecular weight is 217 g/mol. The molecule has 3 nitrogen and oxygen atoms in total. The zero-order valence-electron chi connectivity index (χ0n) is 7.98. The van der Waals surface area contributed by atoms with Gasteiger partial charge in [-0.3, -0.25) is 0 Å². The number of nitriles is 1. The predicted octanol–water partition coefficient (Wildman–Crippen LogP) is 2.29. The molecule has 0 fully saturated rings. The van der Waals surface area contributed by atoms with Gasteiger partial charge in [0.25, 0.3) is 0 Å². The van der Waals surface area contributed by atoms with E-state index >= 15 is 0 Å². The fourth-order valence-corrected chi connectivity index (χ4v) is 1.26. The number of rotatable bonds is 1. The van der Waals surface area contributed by atoms with Gasteiger partial charge in [-0.2, -0.15) is 5.26 Å². The van der Waals surface area contributed by atoms with E-state index in [1.807, 2.05) is 0 Å². The Kier molecular flexibility index (Phi) is 2.56. The minimum absolute atomic E-state index is 0.00782. The van der Waals surface area contributed by atoms with Crippen molar-refractivity contribution in [2.45, 2.75) is 0 Å². The van der Waals surface area contributed by atoms with Gasteiger partial charge in [-0.05, 0) is 24.3 Å². The lowest BCUT2D eigenvalue weighted by Gasteiger charge is -2.02. The third kappa shape index (κ3) is 1.73. The third-order valence-electron chi connectivity index (χ3n) is 2.01. The molecule has 0 aliphatic carbocycles. The van der Waals surface area contributed by atoms with Crippen molar-refractivity contribution in [1.29, 1.82) is 5.26 Å². The van der Waals surface area contributed by atoms with Gasteiger partial charge in [-0.1, -0.05) is 0 Å². The van der Waals surface area contributed by atoms with Crippen LogP contribution in [0.15, 0.2) is 30.6 Å². The van der Waals surface area contributed by atoms with E-state index < -0.39 is 11.6 Å². The number of nitrogens with zero attached hydrogens (tertiary/aromatic N) is 3. The van der Waals surface area contributed by atoms with Crippen LogP contribution in [0.5, 0.6) is 0 Å². The van der Waals surface area contributed by atoms with E-state index in [1.54, 1.807) is 6.07 Å². The molecule has 1 aromatic heterocycles. The molecule has 2 aromatic rings. The fourth-order valence-electron chi connectivity index (χ4n) is 1.26. The van der Waals surface area contributed by atoms with Crippen LogP contribution in [0.3, 0.4) is 0 Å². The number of benzene rings is 1. The van der Waals surface area contributed by atoms with Crippen LogP contribution in [-0.2, 0) is 0 Å². The summed E-state index contributed by atoms with van der Waals surface area (Å²) in [5.74, 6) is -1.21. The van der Waals surface area contributed by atoms with Crippen molar-refractivity contribution >= 4 is 0 Å². The van der Waals surface area contributed by atoms with Gasteiger partial charge in [-0.25, -0.2) is 18.7 Å². The Labute approximate surface area is 90.0 Å². The maximum atomic E-state index is 13.6. The standard InChI is InChI=1S/C11H5F2N3/c12-8-3-1-7(2-4-8)11-10(13)9(5-14)15-6-16-11/h1-4,6H. The topological polar surface area (TPSA) is 49.6 Å². The second-order valence-corrected chi connectivity index (χ2v) is 3.00. The Morgan fingerprint density at radius 3 is 2.38 bits per heavy atom. The zero-order chi connectivity index (χ0) is 11.5. The summed E-state index contributed by atoms with van der Waals surface area (Å²) < 4.78 is 26.3. The Morgan fingerprint density at radius 1 is 1.06 bits per heavy atom. The first-order chi connectivity index (χ1) is 7.72. The highest BCUT2D eigenvalue weighted by molar-refractivity contribution is 5.60. The maximum absolute atomic E-state index is 13.6. The Bertz CT molecular complexity index is 558. The third-order valence-corrected chi connectivity index (χ3v) is 2.01. The highest BCUT2D eigenvalue weighted by atomic mass is 19.1. The van der Waals surface area contributed by atoms with Crippen molar-refractivity contribution in [3.63, 3.8) is 0 Å². The van der Waals surface area contributed by atoms with Gasteiger partial charge >= 0.3 is 0 Å². The maximum Gasteiger partial charge on any atom is 0.185 e. The molecule has 0 saturated heterocycles. The highest BCUT2D eigenvalue weighted by Gasteiger charge is 2.12. The molecular weight excluding hydrogens is 212 g/mol. The molecule has 0 bridgehead atoms. The summed E-state index contributed by atoms with van der Waals surface area (Å²) in [6, 6.07) is 6.79. The van der Waals surface area contributed by atoms with Crippen molar-refractivity contribution in [2.75, 3.05) is 0 Å². The second-order valence-electron chi connectivity index (χ2n) is 3.00. The molecule has 1 aromatic carbocycles. The molecule has 0 N–H and O–H groups in total. The van der Waals surface area contributed by atoms with E-state index in [2.05, 4.69) is 9.97 Å². The van der Waals surface area contributed by atoms with Gasteiger partial charge < -0.3 is 0 Å². The van der Waals surface area contributed by atoms with Crippen molar-refractivity contribution in [2.24, 2.45) is 0 Å². The molecule has 2 rings (SSSR count). The largest absolute Gasteiger partial charge is 0.233 e. The van der Waals surface area contributed by atoms with Crippen LogP contribution in [0.2, 0.25) is 0 Å². The summed E-state index contributed by atoms with van der Waals surface area (Å²) in [6.07, 6.45) is 1.10. The molecule has 0 aliphatic heterocycles. The molecule has 0 atom stereocenters. The number of hydrogen-bond donors (Lipinski definition) is 0. The molecule has 0 saturated carbocycles. The van der Waals surface area contributed by atoms with Gasteiger partial charge in [0.05, 0.1) is 0 Å². The normalized spacial score (nSPS) is 9.81. The monoisotopic (exact) mass is 217 g/mol. The van der Waals surface area contributed by atoms with Crippen LogP contribution in [0.4, 0.5) is 8.78 Å². The first-order valence-electron chi connectivity index (χ1n) is 4.39. The minimum Gasteiger partial charge on any atom is -0.233 e. The quantitative estimate of drug-likeness (QED) is 0.736. The zero-order valence-corrected chi connectivity index (χ0v) is 7.98. The molecule has 5 heteroatoms. The van der Waals surface area contributed by atoms with E-state index in [0.717, 1.165) is 6.33 Å². The van der Waals surface area contributed by atoms with E-state index in [-0.39, 0.29) is 11.4 Å². The van der Waals surface area contributed by atoms with Crippen LogP contribution in [0, 0.1) is 23.0 Å². The summed E-state index contributed by atoms with van der Waals surface area (Å²) in [4.78, 5) is 7.21. The van der Waals surface area contributed by atoms with Crippen LogP contribution < -0.4 is 0 Å². The minimum atomic E-state index is -0.795. The van der Waals surface area contributed by atoms with E-state index in [9.17, 15) is 8.78 Å². The molecule has 0 unspecified atom stereocenters. The molecular formula is C11H5F2N3. The molecule has 78 valence electrons.